The summed E-state index contributed by atoms with van der Waals surface area (Å²) in [7, 11) is 0. The summed E-state index contributed by atoms with van der Waals surface area (Å²) in [6.45, 7) is 5.84. The predicted molar refractivity (Wildman–Crippen MR) is 120 cm³/mol. The van der Waals surface area contributed by atoms with Gasteiger partial charge < -0.3 is 21.3 Å². The van der Waals surface area contributed by atoms with Crippen molar-refractivity contribution >= 4 is 35.7 Å². The second-order valence-corrected chi connectivity index (χ2v) is 7.53. The highest BCUT2D eigenvalue weighted by atomic mass is 35.5. The van der Waals surface area contributed by atoms with Gasteiger partial charge in [-0.15, -0.1) is 12.4 Å². The van der Waals surface area contributed by atoms with Crippen LogP contribution in [-0.4, -0.2) is 36.5 Å². The molecule has 1 aliphatic rings. The summed E-state index contributed by atoms with van der Waals surface area (Å²) in [4.78, 5) is 26.9. The number of piperidine rings is 1. The molecule has 0 saturated carbocycles. The second-order valence-electron chi connectivity index (χ2n) is 7.53. The lowest BCUT2D eigenvalue weighted by Crippen LogP contribution is -2.44. The van der Waals surface area contributed by atoms with Crippen molar-refractivity contribution in [3.8, 4) is 0 Å². The van der Waals surface area contributed by atoms with Gasteiger partial charge in [-0.05, 0) is 62.4 Å². The molecule has 2 aromatic carbocycles. The first-order chi connectivity index (χ1) is 13.4. The Kier molecular flexibility index (Phi) is 7.91. The van der Waals surface area contributed by atoms with Crippen molar-refractivity contribution < 1.29 is 9.59 Å². The summed E-state index contributed by atoms with van der Waals surface area (Å²) in [6, 6.07) is 12.9. The molecule has 1 atom stereocenters. The average Bonchev–Trinajstić information content (AvgIpc) is 2.70. The predicted octanol–water partition coefficient (Wildman–Crippen LogP) is 3.98. The molecule has 156 valence electrons. The molecule has 29 heavy (non-hydrogen) atoms. The third-order valence-electron chi connectivity index (χ3n) is 5.16. The molecule has 3 amide bonds. The monoisotopic (exact) mass is 416 g/mol. The molecule has 3 rings (SSSR count). The fourth-order valence-electron chi connectivity index (χ4n) is 3.51. The Bertz CT molecular complexity index is 854. The van der Waals surface area contributed by atoms with Crippen LogP contribution in [-0.2, 0) is 0 Å². The van der Waals surface area contributed by atoms with Crippen LogP contribution in [0.3, 0.4) is 0 Å². The normalized spacial score (nSPS) is 15.9. The average molecular weight is 417 g/mol. The van der Waals surface area contributed by atoms with E-state index in [9.17, 15) is 9.59 Å². The number of nitrogen functional groups attached to an aromatic ring is 1. The molecular weight excluding hydrogens is 388 g/mol. The minimum absolute atomic E-state index is 0. The number of anilines is 2. The van der Waals surface area contributed by atoms with Crippen molar-refractivity contribution in [2.45, 2.75) is 26.7 Å². The van der Waals surface area contributed by atoms with Crippen LogP contribution >= 0.6 is 12.4 Å². The standard InChI is InChI=1S/C22H28N4O2.ClH/c1-15-5-9-19(10-6-15)25-22(28)24-13-17-4-3-11-26(14-17)21(27)20-12-18(23)8-7-16(20)2;/h5-10,12,17H,3-4,11,13-14,23H2,1-2H3,(H2,24,25,28);1H. The maximum Gasteiger partial charge on any atom is 0.319 e. The zero-order chi connectivity index (χ0) is 20.1. The van der Waals surface area contributed by atoms with Crippen molar-refractivity contribution in [3.63, 3.8) is 0 Å². The number of carbonyl (C=O) groups excluding carboxylic acids is 2. The topological polar surface area (TPSA) is 87.5 Å². The number of carbonyl (C=O) groups is 2. The molecular formula is C22H29ClN4O2. The minimum atomic E-state index is -0.223. The van der Waals surface area contributed by atoms with Crippen LogP contribution in [0.4, 0.5) is 16.2 Å². The Hall–Kier alpha value is -2.73. The van der Waals surface area contributed by atoms with E-state index in [0.29, 0.717) is 24.3 Å². The first-order valence-corrected chi connectivity index (χ1v) is 9.69. The number of aryl methyl sites for hydroxylation is 2. The van der Waals surface area contributed by atoms with Crippen molar-refractivity contribution in [2.75, 3.05) is 30.7 Å². The van der Waals surface area contributed by atoms with Gasteiger partial charge in [0, 0.05) is 36.6 Å². The lowest BCUT2D eigenvalue weighted by atomic mass is 9.96. The molecule has 1 heterocycles. The van der Waals surface area contributed by atoms with E-state index in [1.54, 1.807) is 6.07 Å². The van der Waals surface area contributed by atoms with E-state index in [1.165, 1.54) is 0 Å². The van der Waals surface area contributed by atoms with Crippen LogP contribution in [0.2, 0.25) is 0 Å². The van der Waals surface area contributed by atoms with Crippen LogP contribution in [0.5, 0.6) is 0 Å². The lowest BCUT2D eigenvalue weighted by Gasteiger charge is -2.33. The molecule has 0 radical (unpaired) electrons. The summed E-state index contributed by atoms with van der Waals surface area (Å²) in [5, 5.41) is 5.76. The molecule has 2 aromatic rings. The Labute approximate surface area is 178 Å². The maximum atomic E-state index is 12.9. The van der Waals surface area contributed by atoms with E-state index >= 15 is 0 Å². The molecule has 1 unspecified atom stereocenters. The Morgan fingerprint density at radius 3 is 2.59 bits per heavy atom. The molecule has 0 spiro atoms. The van der Waals surface area contributed by atoms with E-state index in [-0.39, 0.29) is 30.3 Å². The van der Waals surface area contributed by atoms with Crippen molar-refractivity contribution in [1.82, 2.24) is 10.2 Å². The van der Waals surface area contributed by atoms with Gasteiger partial charge in [0.15, 0.2) is 0 Å². The number of hydrogen-bond donors (Lipinski definition) is 3. The molecule has 1 saturated heterocycles. The van der Waals surface area contributed by atoms with Crippen molar-refractivity contribution in [3.05, 3.63) is 59.2 Å². The number of nitrogens with one attached hydrogen (secondary N) is 2. The summed E-state index contributed by atoms with van der Waals surface area (Å²) >= 11 is 0. The molecule has 6 nitrogen and oxygen atoms in total. The van der Waals surface area contributed by atoms with Crippen LogP contribution in [0.25, 0.3) is 0 Å². The van der Waals surface area contributed by atoms with Gasteiger partial charge in [0.25, 0.3) is 5.91 Å². The van der Waals surface area contributed by atoms with Gasteiger partial charge in [-0.2, -0.15) is 0 Å². The lowest BCUT2D eigenvalue weighted by molar-refractivity contribution is 0.0674. The maximum absolute atomic E-state index is 12.9. The molecule has 0 aromatic heterocycles. The quantitative estimate of drug-likeness (QED) is 0.658. The van der Waals surface area contributed by atoms with Crippen LogP contribution in [0.15, 0.2) is 42.5 Å². The Morgan fingerprint density at radius 2 is 1.86 bits per heavy atom. The number of benzene rings is 2. The van der Waals surface area contributed by atoms with Crippen LogP contribution < -0.4 is 16.4 Å². The van der Waals surface area contributed by atoms with Crippen LogP contribution in [0, 0.1) is 19.8 Å². The molecule has 4 N–H and O–H groups in total. The first kappa shape index (κ1) is 22.6. The number of rotatable bonds is 4. The van der Waals surface area contributed by atoms with Gasteiger partial charge in [0.1, 0.15) is 0 Å². The number of amides is 3. The largest absolute Gasteiger partial charge is 0.399 e. The summed E-state index contributed by atoms with van der Waals surface area (Å²) < 4.78 is 0. The highest BCUT2D eigenvalue weighted by molar-refractivity contribution is 5.96. The SMILES string of the molecule is Cc1ccc(NC(=O)NCC2CCCN(C(=O)c3cc(N)ccc3C)C2)cc1.Cl. The Morgan fingerprint density at radius 1 is 1.14 bits per heavy atom. The van der Waals surface area contributed by atoms with E-state index < -0.39 is 0 Å². The first-order valence-electron chi connectivity index (χ1n) is 9.69. The third kappa shape index (κ3) is 6.12. The van der Waals surface area contributed by atoms with E-state index in [2.05, 4.69) is 10.6 Å². The highest BCUT2D eigenvalue weighted by Gasteiger charge is 2.25. The number of likely N-dealkylation sites (tertiary alicyclic amines) is 1. The highest BCUT2D eigenvalue weighted by Crippen LogP contribution is 2.21. The smallest absolute Gasteiger partial charge is 0.319 e. The zero-order valence-electron chi connectivity index (χ0n) is 16.9. The van der Waals surface area contributed by atoms with Crippen molar-refractivity contribution in [1.29, 1.82) is 0 Å². The zero-order valence-corrected chi connectivity index (χ0v) is 17.7. The van der Waals surface area contributed by atoms with Gasteiger partial charge in [-0.1, -0.05) is 23.8 Å². The third-order valence-corrected chi connectivity index (χ3v) is 5.16. The van der Waals surface area contributed by atoms with Gasteiger partial charge >= 0.3 is 6.03 Å². The number of hydrogen-bond acceptors (Lipinski definition) is 3. The Balaban J connectivity index is 0.00000300. The summed E-state index contributed by atoms with van der Waals surface area (Å²) in [5.74, 6) is 0.251. The molecule has 1 fully saturated rings. The number of urea groups is 1. The van der Waals surface area contributed by atoms with E-state index in [0.717, 1.165) is 36.2 Å². The van der Waals surface area contributed by atoms with Crippen molar-refractivity contribution in [2.24, 2.45) is 5.92 Å². The molecule has 7 heteroatoms. The van der Waals surface area contributed by atoms with E-state index in [4.69, 9.17) is 5.73 Å². The number of nitrogens with zero attached hydrogens (tertiary/aromatic N) is 1. The minimum Gasteiger partial charge on any atom is -0.399 e. The molecule has 0 aliphatic carbocycles. The van der Waals surface area contributed by atoms with Gasteiger partial charge in [-0.3, -0.25) is 4.79 Å². The second kappa shape index (κ2) is 10.2. The number of halogens is 1. The molecule has 1 aliphatic heterocycles. The van der Waals surface area contributed by atoms with E-state index in [1.807, 2.05) is 55.1 Å². The van der Waals surface area contributed by atoms with Crippen LogP contribution in [0.1, 0.15) is 34.3 Å². The van der Waals surface area contributed by atoms with Gasteiger partial charge in [0.2, 0.25) is 0 Å². The number of nitrogens with two attached hydrogens (primary N) is 1. The summed E-state index contributed by atoms with van der Waals surface area (Å²) in [5.41, 5.74) is 9.94. The summed E-state index contributed by atoms with van der Waals surface area (Å²) in [6.07, 6.45) is 1.92. The fourth-order valence-corrected chi connectivity index (χ4v) is 3.51. The fraction of sp³-hybridized carbons (Fsp3) is 0.364. The van der Waals surface area contributed by atoms with Gasteiger partial charge in [-0.25, -0.2) is 4.79 Å². The van der Waals surface area contributed by atoms with Gasteiger partial charge in [0.05, 0.1) is 0 Å². The molecule has 0 bridgehead atoms.